The summed E-state index contributed by atoms with van der Waals surface area (Å²) >= 11 is 8.32. The average molecular weight is 345 g/mol. The van der Waals surface area contributed by atoms with Gasteiger partial charge in [0.05, 0.1) is 17.7 Å². The zero-order valence-electron chi connectivity index (χ0n) is 11.1. The number of anilines is 1. The topological polar surface area (TPSA) is 64.3 Å². The van der Waals surface area contributed by atoms with Gasteiger partial charge in [-0.2, -0.15) is 0 Å². The summed E-state index contributed by atoms with van der Waals surface area (Å²) in [5, 5.41) is 2.80. The summed E-state index contributed by atoms with van der Waals surface area (Å²) in [6, 6.07) is 5.36. The minimum atomic E-state index is -0.511. The van der Waals surface area contributed by atoms with E-state index < -0.39 is 5.60 Å². The van der Waals surface area contributed by atoms with Gasteiger partial charge in [0.15, 0.2) is 0 Å². The van der Waals surface area contributed by atoms with Crippen LogP contribution in [0.1, 0.15) is 25.8 Å². The molecule has 0 radical (unpaired) electrons. The summed E-state index contributed by atoms with van der Waals surface area (Å²) < 4.78 is 6.08. The Morgan fingerprint density at radius 3 is 2.68 bits per heavy atom. The Hall–Kier alpha value is -0.980. The molecule has 0 aliphatic heterocycles. The highest BCUT2D eigenvalue weighted by Gasteiger charge is 2.21. The number of carbonyl (C=O) groups is 1. The quantitative estimate of drug-likeness (QED) is 0.806. The largest absolute Gasteiger partial charge is 0.389 e. The third-order valence-corrected chi connectivity index (χ3v) is 3.37. The van der Waals surface area contributed by atoms with Crippen LogP contribution >= 0.6 is 28.1 Å². The van der Waals surface area contributed by atoms with Gasteiger partial charge in [0, 0.05) is 17.1 Å². The van der Waals surface area contributed by atoms with Gasteiger partial charge in [-0.1, -0.05) is 28.1 Å². The van der Waals surface area contributed by atoms with Crippen LogP contribution in [0.3, 0.4) is 0 Å². The van der Waals surface area contributed by atoms with Gasteiger partial charge in [0.1, 0.15) is 4.99 Å². The van der Waals surface area contributed by atoms with E-state index in [-0.39, 0.29) is 17.3 Å². The minimum absolute atomic E-state index is 0.147. The van der Waals surface area contributed by atoms with Crippen molar-refractivity contribution in [1.82, 2.24) is 0 Å². The van der Waals surface area contributed by atoms with E-state index in [4.69, 9.17) is 22.7 Å². The van der Waals surface area contributed by atoms with Crippen molar-refractivity contribution in [3.8, 4) is 0 Å². The van der Waals surface area contributed by atoms with E-state index in [2.05, 4.69) is 21.2 Å². The molecule has 0 saturated carbocycles. The predicted molar refractivity (Wildman–Crippen MR) is 84.4 cm³/mol. The summed E-state index contributed by atoms with van der Waals surface area (Å²) in [6.45, 7) is 3.70. The SMILES string of the molecule is COC(C)(C)CC(=O)Nc1ccc(Br)cc1C(N)=S. The van der Waals surface area contributed by atoms with Crippen LogP contribution in [0.15, 0.2) is 22.7 Å². The van der Waals surface area contributed by atoms with Gasteiger partial charge < -0.3 is 15.8 Å². The van der Waals surface area contributed by atoms with Crippen LogP contribution in [0.5, 0.6) is 0 Å². The number of ether oxygens (including phenoxy) is 1. The lowest BCUT2D eigenvalue weighted by Gasteiger charge is -2.22. The van der Waals surface area contributed by atoms with Crippen molar-refractivity contribution in [1.29, 1.82) is 0 Å². The second-order valence-electron chi connectivity index (χ2n) is 4.74. The number of benzene rings is 1. The lowest BCUT2D eigenvalue weighted by atomic mass is 10.0. The van der Waals surface area contributed by atoms with Crippen LogP contribution in [-0.4, -0.2) is 23.6 Å². The number of hydrogen-bond acceptors (Lipinski definition) is 3. The Bertz CT molecular complexity index is 503. The molecule has 0 aliphatic rings. The summed E-state index contributed by atoms with van der Waals surface area (Å²) in [6.07, 6.45) is 0.246. The van der Waals surface area contributed by atoms with E-state index in [0.29, 0.717) is 11.3 Å². The molecule has 1 amide bonds. The lowest BCUT2D eigenvalue weighted by Crippen LogP contribution is -2.30. The molecule has 0 atom stereocenters. The van der Waals surface area contributed by atoms with Gasteiger partial charge in [-0.05, 0) is 32.0 Å². The summed E-state index contributed by atoms with van der Waals surface area (Å²) in [5.41, 5.74) is 6.37. The molecule has 1 aromatic carbocycles. The monoisotopic (exact) mass is 344 g/mol. The molecule has 104 valence electrons. The van der Waals surface area contributed by atoms with Crippen LogP contribution < -0.4 is 11.1 Å². The van der Waals surface area contributed by atoms with Crippen molar-refractivity contribution in [3.63, 3.8) is 0 Å². The molecule has 1 aromatic rings. The lowest BCUT2D eigenvalue weighted by molar-refractivity contribution is -0.121. The van der Waals surface area contributed by atoms with Crippen LogP contribution in [0, 0.1) is 0 Å². The van der Waals surface area contributed by atoms with Crippen molar-refractivity contribution in [2.24, 2.45) is 5.73 Å². The van der Waals surface area contributed by atoms with Crippen LogP contribution in [0.2, 0.25) is 0 Å². The maximum Gasteiger partial charge on any atom is 0.227 e. The highest BCUT2D eigenvalue weighted by Crippen LogP contribution is 2.22. The fourth-order valence-electron chi connectivity index (χ4n) is 1.48. The molecule has 0 spiro atoms. The first-order valence-corrected chi connectivity index (χ1v) is 6.89. The second kappa shape index (κ2) is 6.45. The molecule has 4 nitrogen and oxygen atoms in total. The summed E-state index contributed by atoms with van der Waals surface area (Å²) in [5.74, 6) is -0.147. The standard InChI is InChI=1S/C13H17BrN2O2S/c1-13(2,18-3)7-11(17)16-10-5-4-8(14)6-9(10)12(15)19/h4-6H,7H2,1-3H3,(H2,15,19)(H,16,17). The Morgan fingerprint density at radius 1 is 1.53 bits per heavy atom. The van der Waals surface area contributed by atoms with E-state index >= 15 is 0 Å². The summed E-state index contributed by atoms with van der Waals surface area (Å²) in [4.78, 5) is 12.2. The third kappa shape index (κ3) is 4.89. The first-order valence-electron chi connectivity index (χ1n) is 5.69. The molecule has 0 saturated heterocycles. The zero-order valence-corrected chi connectivity index (χ0v) is 13.5. The van der Waals surface area contributed by atoms with E-state index in [9.17, 15) is 4.79 Å². The summed E-state index contributed by atoms with van der Waals surface area (Å²) in [7, 11) is 1.58. The van der Waals surface area contributed by atoms with Crippen LogP contribution in [0.4, 0.5) is 5.69 Å². The fraction of sp³-hybridized carbons (Fsp3) is 0.385. The number of methoxy groups -OCH3 is 1. The predicted octanol–water partition coefficient (Wildman–Crippen LogP) is 2.84. The van der Waals surface area contributed by atoms with E-state index in [1.807, 2.05) is 19.9 Å². The van der Waals surface area contributed by atoms with Crippen molar-refractivity contribution in [3.05, 3.63) is 28.2 Å². The zero-order chi connectivity index (χ0) is 14.6. The second-order valence-corrected chi connectivity index (χ2v) is 6.10. The minimum Gasteiger partial charge on any atom is -0.389 e. The molecule has 0 aliphatic carbocycles. The molecule has 1 rings (SSSR count). The first kappa shape index (κ1) is 16.1. The molecule has 0 bridgehead atoms. The molecular formula is C13H17BrN2O2S. The first-order chi connectivity index (χ1) is 8.75. The Kier molecular flexibility index (Phi) is 5.46. The molecule has 0 unspecified atom stereocenters. The van der Waals surface area contributed by atoms with Crippen molar-refractivity contribution in [2.45, 2.75) is 25.9 Å². The molecule has 19 heavy (non-hydrogen) atoms. The maximum atomic E-state index is 12.0. The van der Waals surface area contributed by atoms with Crippen LogP contribution in [0.25, 0.3) is 0 Å². The van der Waals surface area contributed by atoms with Crippen molar-refractivity contribution < 1.29 is 9.53 Å². The number of nitrogens with two attached hydrogens (primary N) is 1. The number of carbonyl (C=O) groups excluding carboxylic acids is 1. The molecular weight excluding hydrogens is 328 g/mol. The number of hydrogen-bond donors (Lipinski definition) is 2. The van der Waals surface area contributed by atoms with E-state index in [0.717, 1.165) is 4.47 Å². The van der Waals surface area contributed by atoms with Gasteiger partial charge in [0.2, 0.25) is 5.91 Å². The molecule has 0 aromatic heterocycles. The molecule has 0 fully saturated rings. The highest BCUT2D eigenvalue weighted by atomic mass is 79.9. The number of nitrogens with one attached hydrogen (secondary N) is 1. The van der Waals surface area contributed by atoms with Crippen LogP contribution in [-0.2, 0) is 9.53 Å². The average Bonchev–Trinajstić information content (AvgIpc) is 2.30. The number of amides is 1. The van der Waals surface area contributed by atoms with E-state index in [1.54, 1.807) is 19.2 Å². The molecule has 0 heterocycles. The fourth-order valence-corrected chi connectivity index (χ4v) is 2.01. The maximum absolute atomic E-state index is 12.0. The Labute approximate surface area is 126 Å². The highest BCUT2D eigenvalue weighted by molar-refractivity contribution is 9.10. The van der Waals surface area contributed by atoms with Gasteiger partial charge in [-0.25, -0.2) is 0 Å². The van der Waals surface area contributed by atoms with Gasteiger partial charge in [-0.3, -0.25) is 4.79 Å². The van der Waals surface area contributed by atoms with Gasteiger partial charge in [-0.15, -0.1) is 0 Å². The number of thiocarbonyl (C=S) groups is 1. The van der Waals surface area contributed by atoms with Gasteiger partial charge >= 0.3 is 0 Å². The Morgan fingerprint density at radius 2 is 2.16 bits per heavy atom. The van der Waals surface area contributed by atoms with Crippen molar-refractivity contribution in [2.75, 3.05) is 12.4 Å². The third-order valence-electron chi connectivity index (χ3n) is 2.66. The smallest absolute Gasteiger partial charge is 0.227 e. The molecule has 3 N–H and O–H groups in total. The van der Waals surface area contributed by atoms with E-state index in [1.165, 1.54) is 0 Å². The number of rotatable bonds is 5. The molecule has 6 heteroatoms. The van der Waals surface area contributed by atoms with Gasteiger partial charge in [0.25, 0.3) is 0 Å². The van der Waals surface area contributed by atoms with Crippen molar-refractivity contribution >= 4 is 44.7 Å². The normalized spacial score (nSPS) is 11.2. The Balaban J connectivity index is 2.88. The number of halogens is 1.